The van der Waals surface area contributed by atoms with Gasteiger partial charge in [-0.3, -0.25) is 4.79 Å². The van der Waals surface area contributed by atoms with E-state index in [9.17, 15) is 13.2 Å². The maximum Gasteiger partial charge on any atom is 0.241 e. The predicted molar refractivity (Wildman–Crippen MR) is 82.3 cm³/mol. The zero-order valence-electron chi connectivity index (χ0n) is 11.8. The van der Waals surface area contributed by atoms with Gasteiger partial charge in [-0.25, -0.2) is 13.4 Å². The largest absolute Gasteiger partial charge is 0.494 e. The van der Waals surface area contributed by atoms with Crippen molar-refractivity contribution in [3.8, 4) is 5.75 Å². The number of hydrogen-bond acceptors (Lipinski definition) is 6. The van der Waals surface area contributed by atoms with Crippen LogP contribution < -0.4 is 10.1 Å². The van der Waals surface area contributed by atoms with Gasteiger partial charge in [-0.2, -0.15) is 4.31 Å². The van der Waals surface area contributed by atoms with Gasteiger partial charge in [0.15, 0.2) is 5.13 Å². The topological polar surface area (TPSA) is 88.6 Å². The van der Waals surface area contributed by atoms with Crippen LogP contribution in [0, 0.1) is 0 Å². The smallest absolute Gasteiger partial charge is 0.241 e. The molecule has 0 saturated heterocycles. The Balaban J connectivity index is 2.15. The highest BCUT2D eigenvalue weighted by Crippen LogP contribution is 2.31. The molecule has 1 heterocycles. The van der Waals surface area contributed by atoms with Crippen molar-refractivity contribution >= 4 is 42.6 Å². The van der Waals surface area contributed by atoms with Crippen LogP contribution in [0.15, 0.2) is 18.2 Å². The third-order valence-corrected chi connectivity index (χ3v) is 4.98. The maximum absolute atomic E-state index is 11.8. The molecule has 0 bridgehead atoms. The molecule has 0 aliphatic carbocycles. The monoisotopic (exact) mass is 329 g/mol. The highest BCUT2D eigenvalue weighted by molar-refractivity contribution is 7.88. The first kappa shape index (κ1) is 15.7. The molecule has 0 unspecified atom stereocenters. The summed E-state index contributed by atoms with van der Waals surface area (Å²) in [6.45, 7) is -0.258. The Morgan fingerprint density at radius 2 is 2.19 bits per heavy atom. The van der Waals surface area contributed by atoms with Crippen molar-refractivity contribution in [2.45, 2.75) is 0 Å². The van der Waals surface area contributed by atoms with Gasteiger partial charge in [0.05, 0.1) is 24.6 Å². The van der Waals surface area contributed by atoms with Gasteiger partial charge in [0.1, 0.15) is 11.3 Å². The number of fused-ring (bicyclic) bond motifs is 1. The van der Waals surface area contributed by atoms with Crippen molar-refractivity contribution in [1.29, 1.82) is 0 Å². The zero-order chi connectivity index (χ0) is 15.6. The summed E-state index contributed by atoms with van der Waals surface area (Å²) in [5, 5.41) is 3.00. The summed E-state index contributed by atoms with van der Waals surface area (Å²) in [5.74, 6) is 0.179. The number of ether oxygens (including phenoxy) is 1. The molecule has 9 heteroatoms. The molecule has 114 valence electrons. The number of carbonyl (C=O) groups excluding carboxylic acids is 1. The van der Waals surface area contributed by atoms with E-state index in [0.717, 1.165) is 15.3 Å². The van der Waals surface area contributed by atoms with Crippen molar-refractivity contribution in [3.05, 3.63) is 18.2 Å². The van der Waals surface area contributed by atoms with E-state index in [2.05, 4.69) is 10.3 Å². The molecular weight excluding hydrogens is 314 g/mol. The number of para-hydroxylation sites is 1. The van der Waals surface area contributed by atoms with Crippen LogP contribution in [0.2, 0.25) is 0 Å². The van der Waals surface area contributed by atoms with Crippen LogP contribution in [0.5, 0.6) is 5.75 Å². The number of likely N-dealkylation sites (N-methyl/N-ethyl adjacent to an activating group) is 1. The van der Waals surface area contributed by atoms with Gasteiger partial charge in [0, 0.05) is 7.05 Å². The minimum Gasteiger partial charge on any atom is -0.494 e. The number of methoxy groups -OCH3 is 1. The molecule has 0 spiro atoms. The molecule has 0 aliphatic heterocycles. The number of sulfonamides is 1. The SMILES string of the molecule is COc1cccc2sc(NC(=O)CN(C)S(C)(=O)=O)nc12. The fourth-order valence-electron chi connectivity index (χ4n) is 1.62. The second-order valence-corrected chi connectivity index (χ2v) is 7.51. The second kappa shape index (κ2) is 5.96. The second-order valence-electron chi connectivity index (χ2n) is 4.39. The molecule has 0 atom stereocenters. The molecular formula is C12H15N3O4S2. The number of aromatic nitrogens is 1. The first-order valence-electron chi connectivity index (χ1n) is 5.96. The van der Waals surface area contributed by atoms with E-state index in [0.29, 0.717) is 16.4 Å². The first-order valence-corrected chi connectivity index (χ1v) is 8.62. The summed E-state index contributed by atoms with van der Waals surface area (Å²) in [5.41, 5.74) is 0.664. The molecule has 2 rings (SSSR count). The highest BCUT2D eigenvalue weighted by atomic mass is 32.2. The lowest BCUT2D eigenvalue weighted by molar-refractivity contribution is -0.116. The standard InChI is InChI=1S/C12H15N3O4S2/c1-15(21(3,17)18)7-10(16)13-12-14-11-8(19-2)5-4-6-9(11)20-12/h4-6H,7H2,1-3H3,(H,13,14,16). The van der Waals surface area contributed by atoms with Crippen molar-refractivity contribution in [1.82, 2.24) is 9.29 Å². The lowest BCUT2D eigenvalue weighted by Crippen LogP contribution is -2.34. The molecule has 2 aromatic rings. The van der Waals surface area contributed by atoms with Crippen LogP contribution >= 0.6 is 11.3 Å². The van der Waals surface area contributed by atoms with E-state index in [1.165, 1.54) is 18.4 Å². The van der Waals surface area contributed by atoms with Gasteiger partial charge in [-0.1, -0.05) is 17.4 Å². The average molecular weight is 329 g/mol. The van der Waals surface area contributed by atoms with Crippen molar-refractivity contribution in [2.75, 3.05) is 32.3 Å². The molecule has 1 N–H and O–H groups in total. The highest BCUT2D eigenvalue weighted by Gasteiger charge is 2.16. The molecule has 1 aromatic heterocycles. The summed E-state index contributed by atoms with van der Waals surface area (Å²) in [4.78, 5) is 16.1. The number of rotatable bonds is 5. The van der Waals surface area contributed by atoms with Crippen LogP contribution in [0.25, 0.3) is 10.2 Å². The Bertz CT molecular complexity index is 770. The van der Waals surface area contributed by atoms with E-state index in [4.69, 9.17) is 4.74 Å². The summed E-state index contributed by atoms with van der Waals surface area (Å²) in [7, 11) is -0.497. The lowest BCUT2D eigenvalue weighted by Gasteiger charge is -2.12. The summed E-state index contributed by atoms with van der Waals surface area (Å²) in [6.07, 6.45) is 1.04. The lowest BCUT2D eigenvalue weighted by atomic mass is 10.3. The van der Waals surface area contributed by atoms with Gasteiger partial charge in [-0.05, 0) is 12.1 Å². The number of amides is 1. The van der Waals surface area contributed by atoms with Crippen molar-refractivity contribution in [2.24, 2.45) is 0 Å². The van der Waals surface area contributed by atoms with Crippen molar-refractivity contribution < 1.29 is 17.9 Å². The minimum absolute atomic E-state index is 0.258. The van der Waals surface area contributed by atoms with Gasteiger partial charge >= 0.3 is 0 Å². The number of nitrogens with zero attached hydrogens (tertiary/aromatic N) is 2. The quantitative estimate of drug-likeness (QED) is 0.888. The van der Waals surface area contributed by atoms with Crippen LogP contribution in [0.3, 0.4) is 0 Å². The molecule has 1 aromatic carbocycles. The molecule has 0 fully saturated rings. The third kappa shape index (κ3) is 3.69. The molecule has 7 nitrogen and oxygen atoms in total. The van der Waals surface area contributed by atoms with Gasteiger partial charge in [0.25, 0.3) is 0 Å². The van der Waals surface area contributed by atoms with E-state index < -0.39 is 15.9 Å². The van der Waals surface area contributed by atoms with E-state index >= 15 is 0 Å². The number of nitrogens with one attached hydrogen (secondary N) is 1. The number of anilines is 1. The fraction of sp³-hybridized carbons (Fsp3) is 0.333. The van der Waals surface area contributed by atoms with Crippen LogP contribution in [-0.4, -0.2) is 50.6 Å². The molecule has 0 aliphatic rings. The molecule has 0 radical (unpaired) electrons. The van der Waals surface area contributed by atoms with E-state index in [-0.39, 0.29) is 6.54 Å². The van der Waals surface area contributed by atoms with Gasteiger partial charge in [-0.15, -0.1) is 0 Å². The summed E-state index contributed by atoms with van der Waals surface area (Å²) >= 11 is 1.30. The number of benzene rings is 1. The zero-order valence-corrected chi connectivity index (χ0v) is 13.4. The third-order valence-electron chi connectivity index (χ3n) is 2.78. The summed E-state index contributed by atoms with van der Waals surface area (Å²) < 4.78 is 29.6. The normalized spacial score (nSPS) is 11.8. The Morgan fingerprint density at radius 1 is 1.48 bits per heavy atom. The minimum atomic E-state index is -3.39. The number of carbonyl (C=O) groups is 1. The van der Waals surface area contributed by atoms with Gasteiger partial charge in [0.2, 0.25) is 15.9 Å². The molecule has 21 heavy (non-hydrogen) atoms. The van der Waals surface area contributed by atoms with Crippen LogP contribution in [0.4, 0.5) is 5.13 Å². The maximum atomic E-state index is 11.8. The van der Waals surface area contributed by atoms with E-state index in [1.54, 1.807) is 13.2 Å². The number of hydrogen-bond donors (Lipinski definition) is 1. The van der Waals surface area contributed by atoms with E-state index in [1.807, 2.05) is 12.1 Å². The molecule has 0 saturated carbocycles. The fourth-order valence-corrected chi connectivity index (χ4v) is 2.87. The molecule has 1 amide bonds. The Kier molecular flexibility index (Phi) is 4.45. The average Bonchev–Trinajstić information content (AvgIpc) is 2.79. The Morgan fingerprint density at radius 3 is 2.81 bits per heavy atom. The van der Waals surface area contributed by atoms with Crippen molar-refractivity contribution in [3.63, 3.8) is 0 Å². The Hall–Kier alpha value is -1.71. The van der Waals surface area contributed by atoms with Crippen LogP contribution in [-0.2, 0) is 14.8 Å². The Labute approximate surface area is 126 Å². The van der Waals surface area contributed by atoms with Gasteiger partial charge < -0.3 is 10.1 Å². The summed E-state index contributed by atoms with van der Waals surface area (Å²) in [6, 6.07) is 5.49. The number of thiazole rings is 1. The first-order chi connectivity index (χ1) is 9.81. The van der Waals surface area contributed by atoms with Crippen LogP contribution in [0.1, 0.15) is 0 Å². The predicted octanol–water partition coefficient (Wildman–Crippen LogP) is 1.13.